The number of nitrogens with zero attached hydrogens (tertiary/aromatic N) is 1. The van der Waals surface area contributed by atoms with Crippen LogP contribution in [0.5, 0.6) is 0 Å². The summed E-state index contributed by atoms with van der Waals surface area (Å²) in [5.74, 6) is -3.70. The van der Waals surface area contributed by atoms with E-state index in [4.69, 9.17) is 9.88 Å². The number of hydrogen-bond donors (Lipinski definition) is 1. The van der Waals surface area contributed by atoms with Crippen LogP contribution in [0.4, 0.5) is 8.78 Å². The number of rotatable bonds is 6. The van der Waals surface area contributed by atoms with E-state index in [1.165, 1.54) is 12.0 Å². The molecule has 0 aromatic heterocycles. The number of sulfonamides is 1. The zero-order valence-corrected chi connectivity index (χ0v) is 12.4. The number of carbonyl (C=O) groups is 1. The highest BCUT2D eigenvalue weighted by Gasteiger charge is 2.24. The molecule has 1 rings (SSSR count). The molecule has 21 heavy (non-hydrogen) atoms. The molecule has 1 amide bonds. The lowest BCUT2D eigenvalue weighted by molar-refractivity contribution is 0.0700. The average Bonchev–Trinajstić information content (AvgIpc) is 2.41. The monoisotopic (exact) mass is 322 g/mol. The molecule has 0 saturated heterocycles. The Morgan fingerprint density at radius 3 is 2.48 bits per heavy atom. The highest BCUT2D eigenvalue weighted by Crippen LogP contribution is 2.19. The van der Waals surface area contributed by atoms with Crippen molar-refractivity contribution in [3.8, 4) is 0 Å². The molecule has 1 aromatic rings. The second-order valence-corrected chi connectivity index (χ2v) is 5.75. The third-order valence-electron chi connectivity index (χ3n) is 2.79. The van der Waals surface area contributed by atoms with Gasteiger partial charge in [0.1, 0.15) is 0 Å². The van der Waals surface area contributed by atoms with Crippen molar-refractivity contribution in [2.45, 2.75) is 11.8 Å². The molecular weight excluding hydrogens is 306 g/mol. The number of amides is 1. The summed E-state index contributed by atoms with van der Waals surface area (Å²) in [5.41, 5.74) is -0.683. The van der Waals surface area contributed by atoms with E-state index in [9.17, 15) is 22.0 Å². The molecule has 0 aliphatic heterocycles. The number of hydrogen-bond acceptors (Lipinski definition) is 4. The van der Waals surface area contributed by atoms with Crippen LogP contribution in [-0.4, -0.2) is 46.0 Å². The highest BCUT2D eigenvalue weighted by atomic mass is 32.2. The lowest BCUT2D eigenvalue weighted by Gasteiger charge is -2.21. The minimum absolute atomic E-state index is 0.159. The third-order valence-corrected chi connectivity index (χ3v) is 3.69. The number of nitrogens with two attached hydrogens (primary N) is 1. The second kappa shape index (κ2) is 6.92. The number of carbonyl (C=O) groups excluding carboxylic acids is 1. The number of primary sulfonamides is 1. The molecule has 0 spiro atoms. The van der Waals surface area contributed by atoms with Gasteiger partial charge in [0.05, 0.1) is 17.1 Å². The summed E-state index contributed by atoms with van der Waals surface area (Å²) < 4.78 is 54.5. The minimum atomic E-state index is -4.25. The molecule has 9 heteroatoms. The van der Waals surface area contributed by atoms with Crippen molar-refractivity contribution in [3.05, 3.63) is 29.3 Å². The van der Waals surface area contributed by atoms with E-state index in [2.05, 4.69) is 0 Å². The van der Waals surface area contributed by atoms with Crippen LogP contribution in [0.1, 0.15) is 17.3 Å². The van der Waals surface area contributed by atoms with Crippen molar-refractivity contribution in [1.29, 1.82) is 0 Å². The predicted octanol–water partition coefficient (Wildman–Crippen LogP) is 0.721. The van der Waals surface area contributed by atoms with E-state index in [0.717, 1.165) is 6.07 Å². The fraction of sp³-hybridized carbons (Fsp3) is 0.417. The van der Waals surface area contributed by atoms with Gasteiger partial charge in [-0.3, -0.25) is 4.79 Å². The van der Waals surface area contributed by atoms with Crippen molar-refractivity contribution in [1.82, 2.24) is 4.90 Å². The zero-order chi connectivity index (χ0) is 16.2. The number of benzene rings is 1. The van der Waals surface area contributed by atoms with E-state index >= 15 is 0 Å². The minimum Gasteiger partial charge on any atom is -0.383 e. The van der Waals surface area contributed by atoms with E-state index in [0.29, 0.717) is 6.07 Å². The summed E-state index contributed by atoms with van der Waals surface area (Å²) in [6.07, 6.45) is 0. The molecule has 0 aliphatic carbocycles. The van der Waals surface area contributed by atoms with Crippen LogP contribution in [-0.2, 0) is 14.8 Å². The first-order chi connectivity index (χ1) is 9.72. The predicted molar refractivity (Wildman–Crippen MR) is 71.2 cm³/mol. The maximum Gasteiger partial charge on any atom is 0.257 e. The van der Waals surface area contributed by atoms with Crippen LogP contribution >= 0.6 is 0 Å². The molecule has 0 atom stereocenters. The SMILES string of the molecule is CCN(CCOC)C(=O)c1cc(S(N)(=O)=O)cc(F)c1F. The molecule has 6 nitrogen and oxygen atoms in total. The smallest absolute Gasteiger partial charge is 0.257 e. The Morgan fingerprint density at radius 2 is 2.00 bits per heavy atom. The maximum atomic E-state index is 13.7. The standard InChI is InChI=1S/C12H16F2N2O4S/c1-3-16(4-5-20-2)12(17)9-6-8(21(15,18)19)7-10(13)11(9)14/h6-7H,3-5H2,1-2H3,(H2,15,18,19). The van der Waals surface area contributed by atoms with Gasteiger partial charge in [-0.1, -0.05) is 0 Å². The lowest BCUT2D eigenvalue weighted by Crippen LogP contribution is -2.34. The van der Waals surface area contributed by atoms with E-state index in [1.54, 1.807) is 6.92 Å². The maximum absolute atomic E-state index is 13.7. The summed E-state index contributed by atoms with van der Waals surface area (Å²) in [4.78, 5) is 12.7. The fourth-order valence-corrected chi connectivity index (χ4v) is 2.21. The van der Waals surface area contributed by atoms with Crippen molar-refractivity contribution in [3.63, 3.8) is 0 Å². The normalized spacial score (nSPS) is 11.5. The molecule has 1 aromatic carbocycles. The van der Waals surface area contributed by atoms with Gasteiger partial charge >= 0.3 is 0 Å². The van der Waals surface area contributed by atoms with Gasteiger partial charge in [-0.15, -0.1) is 0 Å². The summed E-state index contributed by atoms with van der Waals surface area (Å²) in [5, 5.41) is 4.87. The molecule has 0 bridgehead atoms. The highest BCUT2D eigenvalue weighted by molar-refractivity contribution is 7.89. The van der Waals surface area contributed by atoms with Crippen LogP contribution in [0.15, 0.2) is 17.0 Å². The van der Waals surface area contributed by atoms with Crippen molar-refractivity contribution >= 4 is 15.9 Å². The number of ether oxygens (including phenoxy) is 1. The first kappa shape index (κ1) is 17.5. The van der Waals surface area contributed by atoms with Gasteiger partial charge in [-0.25, -0.2) is 22.3 Å². The number of likely N-dealkylation sites (N-methyl/N-ethyl adjacent to an activating group) is 1. The van der Waals surface area contributed by atoms with Gasteiger partial charge in [0.15, 0.2) is 11.6 Å². The zero-order valence-electron chi connectivity index (χ0n) is 11.6. The Bertz CT molecular complexity index is 634. The molecule has 2 N–H and O–H groups in total. The summed E-state index contributed by atoms with van der Waals surface area (Å²) >= 11 is 0. The van der Waals surface area contributed by atoms with E-state index in [1.807, 2.05) is 0 Å². The Kier molecular flexibility index (Phi) is 5.76. The second-order valence-electron chi connectivity index (χ2n) is 4.19. The topological polar surface area (TPSA) is 89.7 Å². The van der Waals surface area contributed by atoms with Crippen LogP contribution in [0.25, 0.3) is 0 Å². The van der Waals surface area contributed by atoms with E-state index < -0.39 is 38.0 Å². The Balaban J connectivity index is 3.28. The largest absolute Gasteiger partial charge is 0.383 e. The number of halogens is 2. The number of methoxy groups -OCH3 is 1. The molecule has 0 radical (unpaired) electrons. The van der Waals surface area contributed by atoms with Crippen molar-refractivity contribution < 1.29 is 26.7 Å². The van der Waals surface area contributed by atoms with Gasteiger partial charge in [0, 0.05) is 20.2 Å². The van der Waals surface area contributed by atoms with Crippen LogP contribution in [0.3, 0.4) is 0 Å². The van der Waals surface area contributed by atoms with Crippen LogP contribution < -0.4 is 5.14 Å². The average molecular weight is 322 g/mol. The van der Waals surface area contributed by atoms with Gasteiger partial charge in [-0.2, -0.15) is 0 Å². The third kappa shape index (κ3) is 4.19. The Morgan fingerprint density at radius 1 is 1.38 bits per heavy atom. The summed E-state index contributed by atoms with van der Waals surface area (Å²) in [6.45, 7) is 2.24. The molecule has 0 saturated carbocycles. The molecule has 0 unspecified atom stereocenters. The molecule has 0 heterocycles. The van der Waals surface area contributed by atoms with Gasteiger partial charge in [0.2, 0.25) is 10.0 Å². The fourth-order valence-electron chi connectivity index (χ4n) is 1.66. The lowest BCUT2D eigenvalue weighted by atomic mass is 10.1. The Labute approximate surface area is 121 Å². The molecule has 0 aliphatic rings. The van der Waals surface area contributed by atoms with Crippen LogP contribution in [0, 0.1) is 11.6 Å². The van der Waals surface area contributed by atoms with Crippen LogP contribution in [0.2, 0.25) is 0 Å². The molecule has 0 fully saturated rings. The van der Waals surface area contributed by atoms with Crippen molar-refractivity contribution in [2.75, 3.05) is 26.8 Å². The molecular formula is C12H16F2N2O4S. The molecule has 118 valence electrons. The first-order valence-corrected chi connectivity index (χ1v) is 7.57. The van der Waals surface area contributed by atoms with Gasteiger partial charge in [0.25, 0.3) is 5.91 Å². The first-order valence-electron chi connectivity index (χ1n) is 6.02. The quantitative estimate of drug-likeness (QED) is 0.835. The van der Waals surface area contributed by atoms with Gasteiger partial charge < -0.3 is 9.64 Å². The van der Waals surface area contributed by atoms with Gasteiger partial charge in [-0.05, 0) is 19.1 Å². The van der Waals surface area contributed by atoms with E-state index in [-0.39, 0.29) is 19.7 Å². The Hall–Kier alpha value is -1.58. The van der Waals surface area contributed by atoms with Crippen molar-refractivity contribution in [2.24, 2.45) is 5.14 Å². The summed E-state index contributed by atoms with van der Waals surface area (Å²) in [6, 6.07) is 1.17. The summed E-state index contributed by atoms with van der Waals surface area (Å²) in [7, 11) is -2.82.